The van der Waals surface area contributed by atoms with Crippen molar-refractivity contribution in [3.8, 4) is 5.88 Å². The fourth-order valence-electron chi connectivity index (χ4n) is 1.79. The highest BCUT2D eigenvalue weighted by molar-refractivity contribution is 7.98. The molecular weight excluding hydrogens is 296 g/mol. The van der Waals surface area contributed by atoms with Gasteiger partial charge in [-0.1, -0.05) is 17.8 Å². The number of hydrogen-bond donors (Lipinski definition) is 1. The van der Waals surface area contributed by atoms with Crippen molar-refractivity contribution in [2.45, 2.75) is 17.8 Å². The van der Waals surface area contributed by atoms with Gasteiger partial charge in [-0.25, -0.2) is 9.97 Å². The summed E-state index contributed by atoms with van der Waals surface area (Å²) in [6, 6.07) is 7.42. The Labute approximate surface area is 126 Å². The number of fused-ring (bicyclic) bond motifs is 1. The average Bonchev–Trinajstić information content (AvgIpc) is 2.78. The van der Waals surface area contributed by atoms with E-state index in [0.29, 0.717) is 10.9 Å². The Morgan fingerprint density at radius 3 is 2.85 bits per heavy atom. The quantitative estimate of drug-likeness (QED) is 0.595. The highest BCUT2D eigenvalue weighted by Crippen LogP contribution is 2.21. The van der Waals surface area contributed by atoms with E-state index in [9.17, 15) is 5.11 Å². The maximum absolute atomic E-state index is 9.42. The first-order valence-electron chi connectivity index (χ1n) is 5.81. The maximum atomic E-state index is 9.42. The van der Waals surface area contributed by atoms with Crippen LogP contribution in [0.2, 0.25) is 0 Å². The summed E-state index contributed by atoms with van der Waals surface area (Å²) in [5, 5.41) is 9.99. The van der Waals surface area contributed by atoms with Crippen LogP contribution in [0.4, 0.5) is 0 Å². The molecule has 0 bridgehead atoms. The van der Waals surface area contributed by atoms with E-state index in [0.717, 1.165) is 17.0 Å². The second-order valence-electron chi connectivity index (χ2n) is 4.14. The van der Waals surface area contributed by atoms with Crippen LogP contribution in [0.1, 0.15) is 11.4 Å². The Bertz CT molecular complexity index is 678. The van der Waals surface area contributed by atoms with Crippen molar-refractivity contribution in [2.75, 3.05) is 0 Å². The number of thioether (sulfide) groups is 1. The second kappa shape index (κ2) is 6.11. The van der Waals surface area contributed by atoms with E-state index in [4.69, 9.17) is 0 Å². The molecule has 3 aromatic heterocycles. The summed E-state index contributed by atoms with van der Waals surface area (Å²) in [6.07, 6.45) is 3.95. The van der Waals surface area contributed by atoms with Crippen molar-refractivity contribution in [1.82, 2.24) is 19.4 Å². The standard InChI is InChI=1S/C13H12N4OS.ClH/c1-9-6-12(18)16-13(14-9)19-8-10-7-17-5-3-2-4-11(17)15-10;/h2-7H,8H2,1H3,(H,14,16,18);1H. The van der Waals surface area contributed by atoms with Crippen molar-refractivity contribution in [3.63, 3.8) is 0 Å². The molecule has 20 heavy (non-hydrogen) atoms. The van der Waals surface area contributed by atoms with E-state index in [1.807, 2.05) is 41.9 Å². The van der Waals surface area contributed by atoms with Gasteiger partial charge in [0, 0.05) is 29.9 Å². The van der Waals surface area contributed by atoms with Gasteiger partial charge in [-0.3, -0.25) is 0 Å². The van der Waals surface area contributed by atoms with Crippen LogP contribution >= 0.6 is 24.2 Å². The molecule has 3 rings (SSSR count). The third-order valence-electron chi connectivity index (χ3n) is 2.58. The number of aromatic nitrogens is 4. The summed E-state index contributed by atoms with van der Waals surface area (Å²) in [7, 11) is 0. The van der Waals surface area contributed by atoms with Crippen LogP contribution in [0.3, 0.4) is 0 Å². The highest BCUT2D eigenvalue weighted by Gasteiger charge is 2.05. The van der Waals surface area contributed by atoms with Crippen molar-refractivity contribution >= 4 is 29.8 Å². The molecule has 5 nitrogen and oxygen atoms in total. The zero-order valence-corrected chi connectivity index (χ0v) is 12.4. The van der Waals surface area contributed by atoms with E-state index in [-0.39, 0.29) is 18.3 Å². The normalized spacial score (nSPS) is 10.4. The molecule has 0 saturated heterocycles. The Hall–Kier alpha value is -1.79. The average molecular weight is 309 g/mol. The molecule has 0 unspecified atom stereocenters. The van der Waals surface area contributed by atoms with Crippen LogP contribution < -0.4 is 0 Å². The van der Waals surface area contributed by atoms with Crippen LogP contribution in [0.25, 0.3) is 5.65 Å². The van der Waals surface area contributed by atoms with Gasteiger partial charge in [0.15, 0.2) is 5.16 Å². The summed E-state index contributed by atoms with van der Waals surface area (Å²) in [4.78, 5) is 12.7. The van der Waals surface area contributed by atoms with Gasteiger partial charge in [-0.15, -0.1) is 12.4 Å². The molecule has 7 heteroatoms. The molecule has 0 spiro atoms. The summed E-state index contributed by atoms with van der Waals surface area (Å²) in [6.45, 7) is 1.83. The molecule has 0 aliphatic rings. The lowest BCUT2D eigenvalue weighted by atomic mass is 10.4. The SMILES string of the molecule is Cc1cc(O)nc(SCc2cn3ccccc3n2)n1.Cl. The minimum Gasteiger partial charge on any atom is -0.493 e. The first-order valence-corrected chi connectivity index (χ1v) is 6.79. The number of rotatable bonds is 3. The third-order valence-corrected chi connectivity index (χ3v) is 3.46. The molecule has 104 valence electrons. The maximum Gasteiger partial charge on any atom is 0.215 e. The lowest BCUT2D eigenvalue weighted by Gasteiger charge is -2.00. The number of imidazole rings is 1. The zero-order valence-electron chi connectivity index (χ0n) is 10.7. The third kappa shape index (κ3) is 3.20. The van der Waals surface area contributed by atoms with Gasteiger partial charge >= 0.3 is 0 Å². The number of hydrogen-bond acceptors (Lipinski definition) is 5. The van der Waals surface area contributed by atoms with Gasteiger partial charge < -0.3 is 9.51 Å². The van der Waals surface area contributed by atoms with Crippen molar-refractivity contribution in [3.05, 3.63) is 48.0 Å². The fourth-order valence-corrected chi connectivity index (χ4v) is 2.57. The molecule has 0 radical (unpaired) electrons. The molecule has 3 aromatic rings. The second-order valence-corrected chi connectivity index (χ2v) is 5.08. The van der Waals surface area contributed by atoms with Gasteiger partial charge in [0.25, 0.3) is 0 Å². The van der Waals surface area contributed by atoms with Gasteiger partial charge in [-0.2, -0.15) is 4.98 Å². The van der Waals surface area contributed by atoms with Crippen LogP contribution in [-0.2, 0) is 5.75 Å². The predicted octanol–water partition coefficient (Wildman–Crippen LogP) is 2.85. The fraction of sp³-hybridized carbons (Fsp3) is 0.154. The molecule has 3 heterocycles. The zero-order chi connectivity index (χ0) is 13.2. The molecule has 0 fully saturated rings. The van der Waals surface area contributed by atoms with Gasteiger partial charge in [0.1, 0.15) is 5.65 Å². The van der Waals surface area contributed by atoms with E-state index in [1.165, 1.54) is 17.8 Å². The molecule has 0 aliphatic heterocycles. The van der Waals surface area contributed by atoms with Crippen molar-refractivity contribution in [1.29, 1.82) is 0 Å². The number of nitrogens with zero attached hydrogens (tertiary/aromatic N) is 4. The summed E-state index contributed by atoms with van der Waals surface area (Å²) < 4.78 is 1.98. The number of aromatic hydroxyl groups is 1. The van der Waals surface area contributed by atoms with Crippen molar-refractivity contribution in [2.24, 2.45) is 0 Å². The summed E-state index contributed by atoms with van der Waals surface area (Å²) in [5.74, 6) is 0.676. The molecule has 0 atom stereocenters. The van der Waals surface area contributed by atoms with E-state index >= 15 is 0 Å². The number of halogens is 1. The first-order chi connectivity index (χ1) is 9.20. The Morgan fingerprint density at radius 1 is 1.25 bits per heavy atom. The van der Waals surface area contributed by atoms with E-state index in [2.05, 4.69) is 15.0 Å². The van der Waals surface area contributed by atoms with E-state index < -0.39 is 0 Å². The van der Waals surface area contributed by atoms with Crippen LogP contribution in [0.5, 0.6) is 5.88 Å². The van der Waals surface area contributed by atoms with Crippen molar-refractivity contribution < 1.29 is 5.11 Å². The number of aryl methyl sites for hydroxylation is 1. The Morgan fingerprint density at radius 2 is 2.10 bits per heavy atom. The van der Waals surface area contributed by atoms with Gasteiger partial charge in [0.05, 0.1) is 5.69 Å². The van der Waals surface area contributed by atoms with Gasteiger partial charge in [0.2, 0.25) is 5.88 Å². The minimum atomic E-state index is 0. The topological polar surface area (TPSA) is 63.3 Å². The van der Waals surface area contributed by atoms with Crippen LogP contribution in [0, 0.1) is 6.92 Å². The molecule has 1 N–H and O–H groups in total. The molecular formula is C13H13ClN4OS. The van der Waals surface area contributed by atoms with E-state index in [1.54, 1.807) is 0 Å². The minimum absolute atomic E-state index is 0. The first kappa shape index (κ1) is 14.6. The molecule has 0 amide bonds. The van der Waals surface area contributed by atoms with Crippen LogP contribution in [0.15, 0.2) is 41.8 Å². The molecule has 0 aromatic carbocycles. The Balaban J connectivity index is 0.00000147. The largest absolute Gasteiger partial charge is 0.493 e. The van der Waals surface area contributed by atoms with Gasteiger partial charge in [-0.05, 0) is 19.1 Å². The number of pyridine rings is 1. The highest BCUT2D eigenvalue weighted by atomic mass is 35.5. The smallest absolute Gasteiger partial charge is 0.215 e. The predicted molar refractivity (Wildman–Crippen MR) is 80.4 cm³/mol. The molecule has 0 saturated carbocycles. The lowest BCUT2D eigenvalue weighted by molar-refractivity contribution is 0.444. The summed E-state index contributed by atoms with van der Waals surface area (Å²) in [5.41, 5.74) is 2.64. The molecule has 0 aliphatic carbocycles. The lowest BCUT2D eigenvalue weighted by Crippen LogP contribution is -1.90. The monoisotopic (exact) mass is 308 g/mol. The van der Waals surface area contributed by atoms with Crippen LogP contribution in [-0.4, -0.2) is 24.5 Å². The Kier molecular flexibility index (Phi) is 4.46. The summed E-state index contributed by atoms with van der Waals surface area (Å²) >= 11 is 1.46.